The van der Waals surface area contributed by atoms with Gasteiger partial charge in [0, 0.05) is 6.54 Å². The minimum atomic E-state index is -0.146. The van der Waals surface area contributed by atoms with E-state index in [0.29, 0.717) is 0 Å². The third kappa shape index (κ3) is 3.25. The van der Waals surface area contributed by atoms with E-state index >= 15 is 0 Å². The zero-order valence-electron chi connectivity index (χ0n) is 13.2. The summed E-state index contributed by atoms with van der Waals surface area (Å²) in [6.07, 6.45) is 2.75. The van der Waals surface area contributed by atoms with Crippen LogP contribution in [-0.4, -0.2) is 16.9 Å². The molecule has 0 amide bonds. The average molecular weight is 288 g/mol. The number of nitrogens with one attached hydrogen (secondary N) is 1. The molecule has 0 aliphatic heterocycles. The van der Waals surface area contributed by atoms with Crippen molar-refractivity contribution < 1.29 is 4.74 Å². The molecule has 1 heterocycles. The highest BCUT2D eigenvalue weighted by Crippen LogP contribution is 2.30. The Hall–Kier alpha value is -1.85. The van der Waals surface area contributed by atoms with Crippen molar-refractivity contribution in [3.05, 3.63) is 46.8 Å². The van der Waals surface area contributed by atoms with Crippen molar-refractivity contribution in [3.63, 3.8) is 0 Å². The molecule has 0 bridgehead atoms. The van der Waals surface area contributed by atoms with Crippen LogP contribution in [0.1, 0.15) is 41.8 Å². The van der Waals surface area contributed by atoms with Crippen molar-refractivity contribution in [2.75, 3.05) is 7.11 Å². The van der Waals surface area contributed by atoms with E-state index in [0.717, 1.165) is 30.0 Å². The van der Waals surface area contributed by atoms with Gasteiger partial charge in [0.2, 0.25) is 0 Å². The second-order valence-corrected chi connectivity index (χ2v) is 5.34. The maximum atomic E-state index is 5.84. The van der Waals surface area contributed by atoms with Crippen LogP contribution in [-0.2, 0) is 6.54 Å². The zero-order chi connectivity index (χ0) is 15.4. The van der Waals surface area contributed by atoms with E-state index in [9.17, 15) is 0 Å². The summed E-state index contributed by atoms with van der Waals surface area (Å²) in [5.41, 5.74) is 7.42. The van der Waals surface area contributed by atoms with Gasteiger partial charge in [-0.1, -0.05) is 36.2 Å². The van der Waals surface area contributed by atoms with Gasteiger partial charge in [0.25, 0.3) is 0 Å². The molecular weight excluding hydrogens is 264 g/mol. The summed E-state index contributed by atoms with van der Waals surface area (Å²) >= 11 is 0. The molecule has 2 aromatic rings. The largest absolute Gasteiger partial charge is 0.493 e. The predicted molar refractivity (Wildman–Crippen MR) is 84.2 cm³/mol. The number of rotatable bonds is 6. The number of nitrogens with zero attached hydrogens (tertiary/aromatic N) is 2. The van der Waals surface area contributed by atoms with E-state index in [2.05, 4.69) is 49.5 Å². The fraction of sp³-hybridized carbons (Fsp3) is 0.438. The van der Waals surface area contributed by atoms with E-state index in [1.807, 2.05) is 4.68 Å². The number of hydrogen-bond donors (Lipinski definition) is 2. The van der Waals surface area contributed by atoms with Crippen LogP contribution in [0.3, 0.4) is 0 Å². The van der Waals surface area contributed by atoms with Gasteiger partial charge in [0.05, 0.1) is 19.3 Å². The number of methoxy groups -OCH3 is 1. The summed E-state index contributed by atoms with van der Waals surface area (Å²) in [5.74, 6) is 6.59. The fourth-order valence-corrected chi connectivity index (χ4v) is 2.73. The summed E-state index contributed by atoms with van der Waals surface area (Å²) < 4.78 is 7.42. The highest BCUT2D eigenvalue weighted by atomic mass is 16.5. The number of benzene rings is 1. The molecule has 0 aliphatic carbocycles. The third-order valence-electron chi connectivity index (χ3n) is 3.52. The van der Waals surface area contributed by atoms with Crippen LogP contribution in [0.4, 0.5) is 0 Å². The van der Waals surface area contributed by atoms with Crippen LogP contribution in [0.5, 0.6) is 5.75 Å². The lowest BCUT2D eigenvalue weighted by Crippen LogP contribution is -2.31. The Morgan fingerprint density at radius 3 is 2.48 bits per heavy atom. The molecule has 0 fully saturated rings. The predicted octanol–water partition coefficient (Wildman–Crippen LogP) is 2.47. The summed E-state index contributed by atoms with van der Waals surface area (Å²) in [6, 6.07) is 6.28. The van der Waals surface area contributed by atoms with Crippen molar-refractivity contribution in [3.8, 4) is 5.75 Å². The average Bonchev–Trinajstić information content (AvgIpc) is 2.82. The molecule has 3 N–H and O–H groups in total. The summed E-state index contributed by atoms with van der Waals surface area (Å²) in [5, 5.41) is 4.41. The van der Waals surface area contributed by atoms with Crippen LogP contribution in [0.2, 0.25) is 0 Å². The van der Waals surface area contributed by atoms with Crippen molar-refractivity contribution in [1.29, 1.82) is 0 Å². The molecule has 0 spiro atoms. The quantitative estimate of drug-likeness (QED) is 0.633. The van der Waals surface area contributed by atoms with Gasteiger partial charge in [-0.05, 0) is 25.8 Å². The molecule has 5 nitrogen and oxygen atoms in total. The maximum Gasteiger partial charge on any atom is 0.161 e. The molecular formula is C16H24N4O. The van der Waals surface area contributed by atoms with Gasteiger partial charge in [-0.3, -0.25) is 10.5 Å². The van der Waals surface area contributed by atoms with Crippen LogP contribution in [0, 0.1) is 13.8 Å². The second-order valence-electron chi connectivity index (χ2n) is 5.34. The molecule has 0 saturated heterocycles. The Morgan fingerprint density at radius 2 is 1.95 bits per heavy atom. The Labute approximate surface area is 126 Å². The van der Waals surface area contributed by atoms with E-state index in [1.54, 1.807) is 13.3 Å². The van der Waals surface area contributed by atoms with E-state index in [1.165, 1.54) is 11.1 Å². The summed E-state index contributed by atoms with van der Waals surface area (Å²) in [4.78, 5) is 0. The molecule has 1 unspecified atom stereocenters. The number of hydrazine groups is 1. The monoisotopic (exact) mass is 288 g/mol. The molecule has 1 aromatic carbocycles. The highest BCUT2D eigenvalue weighted by molar-refractivity contribution is 5.39. The smallest absolute Gasteiger partial charge is 0.161 e. The zero-order valence-corrected chi connectivity index (χ0v) is 13.2. The normalized spacial score (nSPS) is 12.4. The molecule has 21 heavy (non-hydrogen) atoms. The first-order chi connectivity index (χ1) is 10.1. The Morgan fingerprint density at radius 1 is 1.29 bits per heavy atom. The van der Waals surface area contributed by atoms with Crippen LogP contribution >= 0.6 is 0 Å². The minimum Gasteiger partial charge on any atom is -0.493 e. The SMILES string of the molecule is CCCn1ncc(OC)c1C(NN)c1cc(C)cc(C)c1. The van der Waals surface area contributed by atoms with Gasteiger partial charge in [-0.2, -0.15) is 5.10 Å². The van der Waals surface area contributed by atoms with E-state index in [4.69, 9.17) is 10.6 Å². The maximum absolute atomic E-state index is 5.84. The highest BCUT2D eigenvalue weighted by Gasteiger charge is 2.22. The molecule has 0 radical (unpaired) electrons. The van der Waals surface area contributed by atoms with E-state index in [-0.39, 0.29) is 6.04 Å². The van der Waals surface area contributed by atoms with Gasteiger partial charge in [0.15, 0.2) is 5.75 Å². The molecule has 0 aliphatic rings. The van der Waals surface area contributed by atoms with Gasteiger partial charge < -0.3 is 4.74 Å². The molecule has 1 atom stereocenters. The van der Waals surface area contributed by atoms with E-state index < -0.39 is 0 Å². The van der Waals surface area contributed by atoms with Gasteiger partial charge >= 0.3 is 0 Å². The van der Waals surface area contributed by atoms with Crippen molar-refractivity contribution in [2.45, 2.75) is 39.8 Å². The molecule has 5 heteroatoms. The number of nitrogens with two attached hydrogens (primary N) is 1. The number of aromatic nitrogens is 2. The number of hydrogen-bond acceptors (Lipinski definition) is 4. The summed E-state index contributed by atoms with van der Waals surface area (Å²) in [7, 11) is 1.66. The van der Waals surface area contributed by atoms with Crippen molar-refractivity contribution in [1.82, 2.24) is 15.2 Å². The van der Waals surface area contributed by atoms with Crippen molar-refractivity contribution in [2.24, 2.45) is 5.84 Å². The third-order valence-corrected chi connectivity index (χ3v) is 3.52. The first-order valence-corrected chi connectivity index (χ1v) is 7.24. The van der Waals surface area contributed by atoms with Crippen LogP contribution in [0.25, 0.3) is 0 Å². The summed E-state index contributed by atoms with van der Waals surface area (Å²) in [6.45, 7) is 7.14. The standard InChI is InChI=1S/C16H24N4O/c1-5-6-20-16(14(21-4)10-18-20)15(19-17)13-8-11(2)7-12(3)9-13/h7-10,15,19H,5-6,17H2,1-4H3. The molecule has 114 valence electrons. The van der Waals surface area contributed by atoms with Crippen molar-refractivity contribution >= 4 is 0 Å². The first-order valence-electron chi connectivity index (χ1n) is 7.24. The Balaban J connectivity index is 2.52. The fourth-order valence-electron chi connectivity index (χ4n) is 2.73. The van der Waals surface area contributed by atoms with Gasteiger partial charge in [-0.25, -0.2) is 5.43 Å². The molecule has 2 rings (SSSR count). The molecule has 0 saturated carbocycles. The Bertz CT molecular complexity index is 586. The number of ether oxygens (including phenoxy) is 1. The van der Waals surface area contributed by atoms with Crippen LogP contribution < -0.4 is 16.0 Å². The van der Waals surface area contributed by atoms with Gasteiger partial charge in [0.1, 0.15) is 5.69 Å². The van der Waals surface area contributed by atoms with Crippen LogP contribution in [0.15, 0.2) is 24.4 Å². The number of aryl methyl sites for hydroxylation is 3. The lowest BCUT2D eigenvalue weighted by atomic mass is 9.99. The topological polar surface area (TPSA) is 65.1 Å². The lowest BCUT2D eigenvalue weighted by molar-refractivity contribution is 0.398. The lowest BCUT2D eigenvalue weighted by Gasteiger charge is -2.20. The second kappa shape index (κ2) is 6.74. The molecule has 1 aromatic heterocycles. The minimum absolute atomic E-state index is 0.146. The first kappa shape index (κ1) is 15.5. The Kier molecular flexibility index (Phi) is 4.98. The van der Waals surface area contributed by atoms with Gasteiger partial charge in [-0.15, -0.1) is 0 Å².